The molecule has 4 heteroatoms. The molecule has 0 radical (unpaired) electrons. The number of aryl methyl sites for hydroxylation is 2. The summed E-state index contributed by atoms with van der Waals surface area (Å²) < 4.78 is 4.57. The molecule has 0 aliphatic carbocycles. The third-order valence-corrected chi connectivity index (χ3v) is 7.48. The lowest BCUT2D eigenvalue weighted by Crippen LogP contribution is -2.29. The van der Waals surface area contributed by atoms with E-state index in [0.29, 0.717) is 6.42 Å². The number of hydrogen-bond donors (Lipinski definition) is 0. The van der Waals surface area contributed by atoms with Gasteiger partial charge in [0.1, 0.15) is 13.1 Å². The van der Waals surface area contributed by atoms with Gasteiger partial charge in [0.05, 0.1) is 39.3 Å². The lowest BCUT2D eigenvalue weighted by Gasteiger charge is -2.17. The monoisotopic (exact) mass is 441 g/mol. The van der Waals surface area contributed by atoms with Crippen molar-refractivity contribution >= 4 is 49.0 Å². The second-order valence-electron chi connectivity index (χ2n) is 10.1. The Kier molecular flexibility index (Phi) is 4.02. The van der Waals surface area contributed by atoms with E-state index in [9.17, 15) is 5.26 Å². The van der Waals surface area contributed by atoms with Gasteiger partial charge in [0, 0.05) is 30.7 Å². The number of pyridine rings is 2. The summed E-state index contributed by atoms with van der Waals surface area (Å²) in [5, 5.41) is 15.9. The highest BCUT2D eigenvalue weighted by Crippen LogP contribution is 2.43. The van der Waals surface area contributed by atoms with Crippen LogP contribution < -0.4 is 4.57 Å². The number of aromatic nitrogens is 2. The first-order valence-electron chi connectivity index (χ1n) is 11.6. The van der Waals surface area contributed by atoms with Gasteiger partial charge in [-0.15, -0.1) is 0 Å². The highest BCUT2D eigenvalue weighted by Gasteiger charge is 2.29. The molecule has 0 unspecified atom stereocenters. The third kappa shape index (κ3) is 2.49. The smallest absolute Gasteiger partial charge is 0.231 e. The van der Waals surface area contributed by atoms with Crippen LogP contribution in [0.1, 0.15) is 36.1 Å². The van der Waals surface area contributed by atoms with Crippen LogP contribution in [0.15, 0.2) is 48.7 Å². The second kappa shape index (κ2) is 6.69. The van der Waals surface area contributed by atoms with Crippen LogP contribution in [-0.4, -0.2) is 9.94 Å². The zero-order valence-electron chi connectivity index (χ0n) is 20.1. The lowest BCUT2D eigenvalue weighted by atomic mass is 9.90. The fourth-order valence-electron chi connectivity index (χ4n) is 5.81. The molecule has 0 aliphatic rings. The molecule has 6 rings (SSSR count). The zero-order chi connectivity index (χ0) is 23.9. The minimum Gasteiger partial charge on any atom is -0.311 e. The van der Waals surface area contributed by atoms with Gasteiger partial charge in [-0.25, -0.2) is 11.1 Å². The molecule has 0 spiro atoms. The quantitative estimate of drug-likeness (QED) is 0.130. The van der Waals surface area contributed by atoms with E-state index in [4.69, 9.17) is 6.57 Å². The lowest BCUT2D eigenvalue weighted by molar-refractivity contribution is -0.643. The van der Waals surface area contributed by atoms with E-state index < -0.39 is 5.54 Å². The summed E-state index contributed by atoms with van der Waals surface area (Å²) in [6.07, 6.45) is 2.81. The van der Waals surface area contributed by atoms with E-state index in [2.05, 4.69) is 89.4 Å². The number of benzene rings is 3. The summed E-state index contributed by atoms with van der Waals surface area (Å²) in [4.78, 5) is 3.86. The van der Waals surface area contributed by atoms with Crippen LogP contribution in [0.3, 0.4) is 0 Å². The van der Waals surface area contributed by atoms with Crippen LogP contribution in [-0.2, 0) is 13.5 Å². The standard InChI is InChI=1S/C30H25N4/c1-17-18(2)25-28-26-20(11-12-33(28)6)13-19(15-30(3,4)32-5)14-24(26)34-23-10-8-7-9-21(23)27(29(25)34)22(17)16-31/h7-14H,15H2,1-4,6H3/q+1. The highest BCUT2D eigenvalue weighted by molar-refractivity contribution is 6.27. The molecule has 0 atom stereocenters. The average molecular weight is 442 g/mol. The predicted molar refractivity (Wildman–Crippen MR) is 138 cm³/mol. The summed E-state index contributed by atoms with van der Waals surface area (Å²) in [6.45, 7) is 15.8. The maximum atomic E-state index is 10.2. The van der Waals surface area contributed by atoms with Gasteiger partial charge in [-0.2, -0.15) is 5.26 Å². The molecule has 0 fully saturated rings. The van der Waals surface area contributed by atoms with Crippen LogP contribution in [0.4, 0.5) is 0 Å². The molecule has 6 aromatic rings. The summed E-state index contributed by atoms with van der Waals surface area (Å²) in [6, 6.07) is 17.6. The number of nitriles is 1. The first kappa shape index (κ1) is 20.5. The van der Waals surface area contributed by atoms with Gasteiger partial charge in [-0.05, 0) is 48.1 Å². The maximum Gasteiger partial charge on any atom is 0.231 e. The Morgan fingerprint density at radius 3 is 2.53 bits per heavy atom. The average Bonchev–Trinajstić information content (AvgIpc) is 3.16. The zero-order valence-corrected chi connectivity index (χ0v) is 20.1. The van der Waals surface area contributed by atoms with Crippen molar-refractivity contribution < 1.29 is 4.57 Å². The molecule has 34 heavy (non-hydrogen) atoms. The Morgan fingerprint density at radius 1 is 1.03 bits per heavy atom. The first-order valence-corrected chi connectivity index (χ1v) is 11.6. The Bertz CT molecular complexity index is 1910. The van der Waals surface area contributed by atoms with Crippen LogP contribution in [0.25, 0.3) is 53.8 Å². The van der Waals surface area contributed by atoms with Gasteiger partial charge in [0.2, 0.25) is 11.1 Å². The van der Waals surface area contributed by atoms with Crippen LogP contribution in [0, 0.1) is 31.8 Å². The van der Waals surface area contributed by atoms with E-state index in [-0.39, 0.29) is 0 Å². The molecule has 3 aromatic carbocycles. The topological polar surface area (TPSA) is 36.4 Å². The van der Waals surface area contributed by atoms with E-state index in [1.54, 1.807) is 0 Å². The van der Waals surface area contributed by atoms with E-state index >= 15 is 0 Å². The normalized spacial score (nSPS) is 12.3. The number of hydrogen-bond acceptors (Lipinski definition) is 1. The molecule has 164 valence electrons. The molecule has 0 aliphatic heterocycles. The van der Waals surface area contributed by atoms with Gasteiger partial charge >= 0.3 is 0 Å². The van der Waals surface area contributed by atoms with E-state index in [1.165, 1.54) is 21.7 Å². The van der Waals surface area contributed by atoms with Gasteiger partial charge in [-0.3, -0.25) is 0 Å². The third-order valence-electron chi connectivity index (χ3n) is 7.48. The van der Waals surface area contributed by atoms with Crippen molar-refractivity contribution in [3.05, 3.63) is 82.3 Å². The van der Waals surface area contributed by atoms with Gasteiger partial charge in [-0.1, -0.05) is 24.3 Å². The number of nitrogens with zero attached hydrogens (tertiary/aromatic N) is 4. The Labute approximate surface area is 198 Å². The molecule has 0 saturated heterocycles. The summed E-state index contributed by atoms with van der Waals surface area (Å²) >= 11 is 0. The van der Waals surface area contributed by atoms with Crippen LogP contribution >= 0.6 is 0 Å². The maximum absolute atomic E-state index is 10.2. The molecular formula is C30H25N4+. The van der Waals surface area contributed by atoms with Crippen molar-refractivity contribution in [1.82, 2.24) is 4.40 Å². The van der Waals surface area contributed by atoms with E-state index in [0.717, 1.165) is 49.6 Å². The van der Waals surface area contributed by atoms with Crippen molar-refractivity contribution in [2.24, 2.45) is 7.05 Å². The molecule has 0 amide bonds. The number of para-hydroxylation sites is 1. The largest absolute Gasteiger partial charge is 0.311 e. The molecule has 0 saturated carbocycles. The molecule has 3 aromatic heterocycles. The molecular weight excluding hydrogens is 416 g/mol. The van der Waals surface area contributed by atoms with Crippen molar-refractivity contribution in [3.63, 3.8) is 0 Å². The van der Waals surface area contributed by atoms with Crippen LogP contribution in [0.5, 0.6) is 0 Å². The highest BCUT2D eigenvalue weighted by atomic mass is 15.0. The van der Waals surface area contributed by atoms with E-state index in [1.807, 2.05) is 13.8 Å². The Morgan fingerprint density at radius 2 is 1.79 bits per heavy atom. The molecule has 3 heterocycles. The van der Waals surface area contributed by atoms with Crippen molar-refractivity contribution in [3.8, 4) is 6.07 Å². The predicted octanol–water partition coefficient (Wildman–Crippen LogP) is 6.54. The van der Waals surface area contributed by atoms with Crippen LogP contribution in [0.2, 0.25) is 0 Å². The Hall–Kier alpha value is -4.15. The van der Waals surface area contributed by atoms with Gasteiger partial charge < -0.3 is 9.25 Å². The Balaban J connectivity index is 1.99. The fraction of sp³-hybridized carbons (Fsp3) is 0.233. The fourth-order valence-corrected chi connectivity index (χ4v) is 5.81. The minimum absolute atomic E-state index is 0.467. The van der Waals surface area contributed by atoms with Crippen molar-refractivity contribution in [2.45, 2.75) is 39.7 Å². The van der Waals surface area contributed by atoms with Crippen molar-refractivity contribution in [1.29, 1.82) is 5.26 Å². The number of rotatable bonds is 2. The minimum atomic E-state index is -0.467. The van der Waals surface area contributed by atoms with Crippen molar-refractivity contribution in [2.75, 3.05) is 0 Å². The number of fused-ring (bicyclic) bond motifs is 5. The van der Waals surface area contributed by atoms with Gasteiger partial charge in [0.25, 0.3) is 0 Å². The summed E-state index contributed by atoms with van der Waals surface area (Å²) in [5.74, 6) is 0. The first-order chi connectivity index (χ1) is 16.3. The van der Waals surface area contributed by atoms with Gasteiger partial charge in [0.15, 0.2) is 6.20 Å². The SMILES string of the molecule is [C-]#[N+]C(C)(C)Cc1cc2cc[n+](C)c3c4c(C)c(C)c(C#N)c5c6ccccc6n(c(c1)c23)c54. The second-order valence-corrected chi connectivity index (χ2v) is 10.1. The molecule has 0 bridgehead atoms. The molecule has 4 nitrogen and oxygen atoms in total. The molecule has 0 N–H and O–H groups in total. The summed E-state index contributed by atoms with van der Waals surface area (Å²) in [5.41, 5.74) is 8.18. The summed E-state index contributed by atoms with van der Waals surface area (Å²) in [7, 11) is 2.10.